The van der Waals surface area contributed by atoms with Crippen LogP contribution in [0.4, 0.5) is 5.00 Å². The first kappa shape index (κ1) is 20.9. The van der Waals surface area contributed by atoms with Gasteiger partial charge >= 0.3 is 5.97 Å². The van der Waals surface area contributed by atoms with Gasteiger partial charge in [-0.1, -0.05) is 19.9 Å². The summed E-state index contributed by atoms with van der Waals surface area (Å²) >= 11 is 4.97. The first-order valence-corrected chi connectivity index (χ1v) is 11.0. The first-order chi connectivity index (χ1) is 13.4. The summed E-state index contributed by atoms with van der Waals surface area (Å²) in [6, 6.07) is 5.92. The molecule has 150 valence electrons. The van der Waals surface area contributed by atoms with Crippen LogP contribution in [-0.2, 0) is 22.4 Å². The molecule has 0 aliphatic heterocycles. The summed E-state index contributed by atoms with van der Waals surface area (Å²) in [5, 5.41) is 3.37. The fourth-order valence-electron chi connectivity index (χ4n) is 3.29. The molecule has 1 atom stereocenters. The molecule has 28 heavy (non-hydrogen) atoms. The molecule has 0 bridgehead atoms. The van der Waals surface area contributed by atoms with Crippen molar-refractivity contribution in [1.29, 1.82) is 0 Å². The van der Waals surface area contributed by atoms with E-state index in [1.807, 2.05) is 18.2 Å². The zero-order valence-electron chi connectivity index (χ0n) is 16.3. The van der Waals surface area contributed by atoms with Crippen LogP contribution >= 0.6 is 27.3 Å². The third-order valence-electron chi connectivity index (χ3n) is 5.06. The van der Waals surface area contributed by atoms with Gasteiger partial charge in [0, 0.05) is 4.88 Å². The van der Waals surface area contributed by atoms with Crippen LogP contribution in [0.2, 0.25) is 0 Å². The fourth-order valence-corrected chi connectivity index (χ4v) is 5.10. The highest BCUT2D eigenvalue weighted by atomic mass is 79.9. The minimum atomic E-state index is -0.404. The van der Waals surface area contributed by atoms with Crippen molar-refractivity contribution in [1.82, 2.24) is 0 Å². The van der Waals surface area contributed by atoms with Gasteiger partial charge in [-0.25, -0.2) is 4.79 Å². The van der Waals surface area contributed by atoms with Gasteiger partial charge in [-0.15, -0.1) is 11.3 Å². The van der Waals surface area contributed by atoms with Crippen LogP contribution in [0, 0.1) is 0 Å². The molecule has 1 aromatic heterocycles. The minimum Gasteiger partial charge on any atom is -0.483 e. The number of amides is 1. The highest BCUT2D eigenvalue weighted by molar-refractivity contribution is 9.10. The van der Waals surface area contributed by atoms with Crippen molar-refractivity contribution in [3.63, 3.8) is 0 Å². The number of hydrogen-bond donors (Lipinski definition) is 1. The molecule has 7 heteroatoms. The molecule has 3 rings (SSSR count). The maximum absolute atomic E-state index is 12.4. The lowest BCUT2D eigenvalue weighted by Crippen LogP contribution is -2.21. The average molecular weight is 466 g/mol. The number of benzene rings is 1. The largest absolute Gasteiger partial charge is 0.483 e. The molecule has 0 saturated carbocycles. The standard InChI is InChI=1S/C21H24BrNO4S/c1-4-12(2)13-8-9-16(15(22)10-13)27-11-18(24)23-20-19(21(25)26-3)14-6-5-7-17(14)28-20/h8-10,12H,4-7,11H2,1-3H3,(H,23,24). The van der Waals surface area contributed by atoms with Gasteiger partial charge in [0.2, 0.25) is 0 Å². The van der Waals surface area contributed by atoms with E-state index in [0.717, 1.165) is 40.6 Å². The summed E-state index contributed by atoms with van der Waals surface area (Å²) in [6.45, 7) is 4.19. The van der Waals surface area contributed by atoms with E-state index in [-0.39, 0.29) is 12.5 Å². The molecule has 1 aromatic carbocycles. The number of ether oxygens (including phenoxy) is 2. The third-order valence-corrected chi connectivity index (χ3v) is 6.89. The quantitative estimate of drug-likeness (QED) is 0.562. The lowest BCUT2D eigenvalue weighted by molar-refractivity contribution is -0.118. The number of methoxy groups -OCH3 is 1. The topological polar surface area (TPSA) is 64.6 Å². The maximum atomic E-state index is 12.4. The molecule has 1 aliphatic rings. The molecule has 0 fully saturated rings. The number of fused-ring (bicyclic) bond motifs is 1. The smallest absolute Gasteiger partial charge is 0.341 e. The molecule has 1 unspecified atom stereocenters. The van der Waals surface area contributed by atoms with Gasteiger partial charge in [-0.3, -0.25) is 4.79 Å². The van der Waals surface area contributed by atoms with Gasteiger partial charge < -0.3 is 14.8 Å². The predicted molar refractivity (Wildman–Crippen MR) is 115 cm³/mol. The molecular formula is C21H24BrNO4S. The Hall–Kier alpha value is -1.86. The average Bonchev–Trinajstić information content (AvgIpc) is 3.26. The number of aryl methyl sites for hydroxylation is 1. The van der Waals surface area contributed by atoms with Crippen LogP contribution < -0.4 is 10.1 Å². The summed E-state index contributed by atoms with van der Waals surface area (Å²) in [5.41, 5.74) is 2.73. The summed E-state index contributed by atoms with van der Waals surface area (Å²) in [4.78, 5) is 25.7. The summed E-state index contributed by atoms with van der Waals surface area (Å²) < 4.78 is 11.4. The summed E-state index contributed by atoms with van der Waals surface area (Å²) in [6.07, 6.45) is 3.87. The van der Waals surface area contributed by atoms with Gasteiger partial charge in [-0.2, -0.15) is 0 Å². The highest BCUT2D eigenvalue weighted by Crippen LogP contribution is 2.39. The van der Waals surface area contributed by atoms with Crippen molar-refractivity contribution in [2.45, 2.75) is 45.4 Å². The van der Waals surface area contributed by atoms with Crippen molar-refractivity contribution in [3.8, 4) is 5.75 Å². The molecular weight excluding hydrogens is 442 g/mol. The number of thiophene rings is 1. The Morgan fingerprint density at radius 1 is 1.32 bits per heavy atom. The number of esters is 1. The lowest BCUT2D eigenvalue weighted by Gasteiger charge is -2.13. The second kappa shape index (κ2) is 9.09. The number of carbonyl (C=O) groups excluding carboxylic acids is 2. The Morgan fingerprint density at radius 3 is 2.79 bits per heavy atom. The van der Waals surface area contributed by atoms with Gasteiger partial charge in [0.1, 0.15) is 10.8 Å². The molecule has 0 radical (unpaired) electrons. The van der Waals surface area contributed by atoms with Gasteiger partial charge in [0.15, 0.2) is 6.61 Å². The van der Waals surface area contributed by atoms with Crippen LogP contribution in [0.15, 0.2) is 22.7 Å². The number of anilines is 1. The van der Waals surface area contributed by atoms with Crippen molar-refractivity contribution in [2.24, 2.45) is 0 Å². The Balaban J connectivity index is 1.66. The molecule has 1 heterocycles. The number of rotatable bonds is 7. The molecule has 2 aromatic rings. The van der Waals surface area contributed by atoms with Crippen LogP contribution in [0.3, 0.4) is 0 Å². The number of nitrogens with one attached hydrogen (secondary N) is 1. The van der Waals surface area contributed by atoms with Crippen LogP contribution in [0.25, 0.3) is 0 Å². The van der Waals surface area contributed by atoms with Crippen molar-refractivity contribution >= 4 is 44.1 Å². The van der Waals surface area contributed by atoms with E-state index in [0.29, 0.717) is 22.2 Å². The highest BCUT2D eigenvalue weighted by Gasteiger charge is 2.28. The fraction of sp³-hybridized carbons (Fsp3) is 0.429. The van der Waals surface area contributed by atoms with E-state index in [1.54, 1.807) is 0 Å². The van der Waals surface area contributed by atoms with Crippen LogP contribution in [0.1, 0.15) is 59.0 Å². The number of carbonyl (C=O) groups is 2. The second-order valence-corrected chi connectivity index (χ2v) is 8.85. The maximum Gasteiger partial charge on any atom is 0.341 e. The summed E-state index contributed by atoms with van der Waals surface area (Å²) in [7, 11) is 1.36. The third kappa shape index (κ3) is 4.41. The van der Waals surface area contributed by atoms with E-state index >= 15 is 0 Å². The molecule has 0 spiro atoms. The Morgan fingerprint density at radius 2 is 2.11 bits per heavy atom. The van der Waals surface area contributed by atoms with E-state index in [2.05, 4.69) is 35.1 Å². The normalized spacial score (nSPS) is 13.7. The Kier molecular flexibility index (Phi) is 6.78. The van der Waals surface area contributed by atoms with Crippen molar-refractivity contribution < 1.29 is 19.1 Å². The van der Waals surface area contributed by atoms with E-state index in [1.165, 1.54) is 24.0 Å². The van der Waals surface area contributed by atoms with Gasteiger partial charge in [-0.05, 0) is 70.8 Å². The van der Waals surface area contributed by atoms with Gasteiger partial charge in [0.05, 0.1) is 17.1 Å². The van der Waals surface area contributed by atoms with E-state index in [9.17, 15) is 9.59 Å². The van der Waals surface area contributed by atoms with E-state index in [4.69, 9.17) is 9.47 Å². The SMILES string of the molecule is CCC(C)c1ccc(OCC(=O)Nc2sc3c(c2C(=O)OC)CCC3)c(Br)c1. The zero-order chi connectivity index (χ0) is 20.3. The number of hydrogen-bond acceptors (Lipinski definition) is 5. The zero-order valence-corrected chi connectivity index (χ0v) is 18.7. The van der Waals surface area contributed by atoms with Crippen LogP contribution in [0.5, 0.6) is 5.75 Å². The molecule has 1 aliphatic carbocycles. The Bertz CT molecular complexity index is 893. The van der Waals surface area contributed by atoms with Crippen LogP contribution in [-0.4, -0.2) is 25.6 Å². The second-order valence-electron chi connectivity index (χ2n) is 6.89. The molecule has 5 nitrogen and oxygen atoms in total. The van der Waals surface area contributed by atoms with Gasteiger partial charge in [0.25, 0.3) is 5.91 Å². The van der Waals surface area contributed by atoms with E-state index < -0.39 is 5.97 Å². The predicted octanol–water partition coefficient (Wildman–Crippen LogP) is 5.32. The summed E-state index contributed by atoms with van der Waals surface area (Å²) in [5.74, 6) is 0.372. The van der Waals surface area contributed by atoms with Crippen molar-refractivity contribution in [2.75, 3.05) is 19.0 Å². The van der Waals surface area contributed by atoms with Crippen molar-refractivity contribution in [3.05, 3.63) is 44.2 Å². The molecule has 0 saturated heterocycles. The molecule has 1 amide bonds. The number of halogens is 1. The minimum absolute atomic E-state index is 0.134. The Labute approximate surface area is 177 Å². The monoisotopic (exact) mass is 465 g/mol. The lowest BCUT2D eigenvalue weighted by atomic mass is 9.99. The first-order valence-electron chi connectivity index (χ1n) is 9.39. The molecule has 1 N–H and O–H groups in total.